The van der Waals surface area contributed by atoms with Crippen LogP contribution in [0.5, 0.6) is 0 Å². The molecule has 0 aromatic heterocycles. The molecule has 0 N–H and O–H groups in total. The van der Waals surface area contributed by atoms with E-state index in [9.17, 15) is 14.4 Å². The van der Waals surface area contributed by atoms with Gasteiger partial charge in [0.05, 0.1) is 28.7 Å². The second kappa shape index (κ2) is 4.29. The van der Waals surface area contributed by atoms with Crippen molar-refractivity contribution in [1.29, 1.82) is 0 Å². The highest BCUT2D eigenvalue weighted by atomic mass is 16.5. The topological polar surface area (TPSA) is 63.7 Å². The summed E-state index contributed by atoms with van der Waals surface area (Å²) >= 11 is 0. The molecule has 2 bridgehead atoms. The number of ether oxygens (including phenoxy) is 1. The summed E-state index contributed by atoms with van der Waals surface area (Å²) in [6, 6.07) is 6.64. The maximum atomic E-state index is 12.9. The zero-order chi connectivity index (χ0) is 16.6. The Morgan fingerprint density at radius 1 is 1.04 bits per heavy atom. The van der Waals surface area contributed by atoms with Gasteiger partial charge in [0.1, 0.15) is 0 Å². The highest BCUT2D eigenvalue weighted by Gasteiger charge is 2.72. The zero-order valence-electron chi connectivity index (χ0n) is 13.5. The third kappa shape index (κ3) is 1.74. The van der Waals surface area contributed by atoms with E-state index in [1.807, 2.05) is 13.8 Å². The van der Waals surface area contributed by atoms with Crippen LogP contribution in [0.3, 0.4) is 0 Å². The number of ketones is 1. The van der Waals surface area contributed by atoms with Gasteiger partial charge in [-0.15, -0.1) is 0 Å². The number of carbonyl (C=O) groups is 3. The van der Waals surface area contributed by atoms with Crippen LogP contribution in [-0.4, -0.2) is 28.8 Å². The Morgan fingerprint density at radius 3 is 1.96 bits per heavy atom. The number of imide groups is 1. The van der Waals surface area contributed by atoms with E-state index in [4.69, 9.17) is 4.74 Å². The van der Waals surface area contributed by atoms with E-state index in [1.165, 1.54) is 11.8 Å². The van der Waals surface area contributed by atoms with E-state index in [0.29, 0.717) is 11.3 Å². The Balaban J connectivity index is 1.74. The summed E-state index contributed by atoms with van der Waals surface area (Å²) in [7, 11) is 0. The van der Waals surface area contributed by atoms with Crippen LogP contribution in [0.25, 0.3) is 0 Å². The summed E-state index contributed by atoms with van der Waals surface area (Å²) in [6.45, 7) is 5.37. The molecule has 1 aromatic rings. The number of anilines is 1. The Labute approximate surface area is 134 Å². The summed E-state index contributed by atoms with van der Waals surface area (Å²) in [6.07, 6.45) is 1.61. The normalized spacial score (nSPS) is 38.3. The van der Waals surface area contributed by atoms with E-state index < -0.39 is 23.0 Å². The zero-order valence-corrected chi connectivity index (χ0v) is 13.5. The second-order valence-corrected chi connectivity index (χ2v) is 7.30. The van der Waals surface area contributed by atoms with Crippen LogP contribution in [-0.2, 0) is 14.3 Å². The molecule has 2 unspecified atom stereocenters. The molecule has 3 saturated heterocycles. The average molecular weight is 313 g/mol. The lowest BCUT2D eigenvalue weighted by Gasteiger charge is -2.27. The Bertz CT molecular complexity index is 706. The summed E-state index contributed by atoms with van der Waals surface area (Å²) in [5.74, 6) is -1.20. The van der Waals surface area contributed by atoms with E-state index in [1.54, 1.807) is 24.3 Å². The lowest BCUT2D eigenvalue weighted by atomic mass is 9.69. The van der Waals surface area contributed by atoms with Crippen molar-refractivity contribution < 1.29 is 19.1 Å². The fourth-order valence-corrected chi connectivity index (χ4v) is 4.57. The van der Waals surface area contributed by atoms with Gasteiger partial charge in [-0.25, -0.2) is 4.90 Å². The van der Waals surface area contributed by atoms with Crippen LogP contribution in [0.4, 0.5) is 5.69 Å². The first kappa shape index (κ1) is 14.6. The molecular formula is C18H19NO4. The van der Waals surface area contributed by atoms with Crippen molar-refractivity contribution in [1.82, 2.24) is 0 Å². The predicted octanol–water partition coefficient (Wildman–Crippen LogP) is 2.34. The van der Waals surface area contributed by atoms with Gasteiger partial charge in [0.15, 0.2) is 5.78 Å². The molecule has 3 fully saturated rings. The van der Waals surface area contributed by atoms with Crippen LogP contribution < -0.4 is 4.90 Å². The summed E-state index contributed by atoms with van der Waals surface area (Å²) in [4.78, 5) is 38.5. The number of fused-ring (bicyclic) bond motifs is 5. The third-order valence-electron chi connectivity index (χ3n) is 5.74. The number of hydrogen-bond donors (Lipinski definition) is 0. The third-order valence-corrected chi connectivity index (χ3v) is 5.74. The molecule has 0 radical (unpaired) electrons. The largest absolute Gasteiger partial charge is 0.367 e. The molecule has 5 heteroatoms. The molecule has 3 heterocycles. The van der Waals surface area contributed by atoms with Crippen molar-refractivity contribution in [2.45, 2.75) is 44.8 Å². The summed E-state index contributed by atoms with van der Waals surface area (Å²) < 4.78 is 6.08. The van der Waals surface area contributed by atoms with Crippen molar-refractivity contribution in [3.8, 4) is 0 Å². The monoisotopic (exact) mass is 313 g/mol. The Kier molecular flexibility index (Phi) is 2.72. The number of Topliss-reactive ketones (excluding diaryl/α,β-unsaturated/α-hetero) is 1. The van der Waals surface area contributed by atoms with Gasteiger partial charge in [0, 0.05) is 5.56 Å². The molecule has 23 heavy (non-hydrogen) atoms. The number of hydrogen-bond acceptors (Lipinski definition) is 4. The Morgan fingerprint density at radius 2 is 1.52 bits per heavy atom. The molecular weight excluding hydrogens is 294 g/mol. The molecule has 1 aromatic carbocycles. The standard InChI is InChI=1S/C18H19NO4/c1-10(20)11-4-6-12(7-5-11)19-15(21)13-14(16(19)22)18(3)9-8-17(13,2)23-18/h4-7,13-14H,8-9H2,1-3H3/t13-,14+,17?,18?. The smallest absolute Gasteiger partial charge is 0.240 e. The van der Waals surface area contributed by atoms with Gasteiger partial charge in [0.2, 0.25) is 11.8 Å². The molecule has 0 spiro atoms. The number of carbonyl (C=O) groups excluding carboxylic acids is 3. The molecule has 0 aliphatic carbocycles. The molecule has 5 nitrogen and oxygen atoms in total. The van der Waals surface area contributed by atoms with E-state index in [2.05, 4.69) is 0 Å². The van der Waals surface area contributed by atoms with Gasteiger partial charge in [-0.05, 0) is 57.9 Å². The van der Waals surface area contributed by atoms with Gasteiger partial charge in [0.25, 0.3) is 0 Å². The SMILES string of the molecule is CC(=O)c1ccc(N2C(=O)[C@@H]3[C@H](C2=O)C2(C)CCC3(C)O2)cc1. The molecule has 4 rings (SSSR count). The first-order valence-electron chi connectivity index (χ1n) is 7.96. The predicted molar refractivity (Wildman–Crippen MR) is 83.0 cm³/mol. The lowest BCUT2D eigenvalue weighted by molar-refractivity contribution is -0.129. The molecule has 4 atom stereocenters. The first-order valence-corrected chi connectivity index (χ1v) is 7.96. The molecule has 120 valence electrons. The minimum Gasteiger partial charge on any atom is -0.367 e. The van der Waals surface area contributed by atoms with Gasteiger partial charge in [-0.1, -0.05) is 0 Å². The second-order valence-electron chi connectivity index (χ2n) is 7.30. The van der Waals surface area contributed by atoms with Crippen LogP contribution in [0, 0.1) is 11.8 Å². The van der Waals surface area contributed by atoms with Crippen LogP contribution in [0.2, 0.25) is 0 Å². The van der Waals surface area contributed by atoms with Gasteiger partial charge in [-0.2, -0.15) is 0 Å². The minimum absolute atomic E-state index is 0.0426. The van der Waals surface area contributed by atoms with Crippen molar-refractivity contribution in [2.24, 2.45) is 11.8 Å². The number of nitrogens with zero attached hydrogens (tertiary/aromatic N) is 1. The minimum atomic E-state index is -0.541. The van der Waals surface area contributed by atoms with Crippen molar-refractivity contribution in [3.63, 3.8) is 0 Å². The van der Waals surface area contributed by atoms with Gasteiger partial charge < -0.3 is 4.74 Å². The van der Waals surface area contributed by atoms with Crippen molar-refractivity contribution >= 4 is 23.3 Å². The molecule has 3 aliphatic heterocycles. The highest BCUT2D eigenvalue weighted by molar-refractivity contribution is 6.23. The molecule has 2 amide bonds. The van der Waals surface area contributed by atoms with E-state index >= 15 is 0 Å². The fraction of sp³-hybridized carbons (Fsp3) is 0.500. The lowest BCUT2D eigenvalue weighted by Crippen LogP contribution is -2.40. The summed E-state index contributed by atoms with van der Waals surface area (Å²) in [5, 5.41) is 0. The van der Waals surface area contributed by atoms with Crippen LogP contribution >= 0.6 is 0 Å². The maximum absolute atomic E-state index is 12.9. The quantitative estimate of drug-likeness (QED) is 0.621. The Hall–Kier alpha value is -2.01. The molecule has 0 saturated carbocycles. The maximum Gasteiger partial charge on any atom is 0.240 e. The number of amides is 2. The molecule has 3 aliphatic rings. The van der Waals surface area contributed by atoms with E-state index in [0.717, 1.165) is 12.8 Å². The highest BCUT2D eigenvalue weighted by Crippen LogP contribution is 2.60. The van der Waals surface area contributed by atoms with Crippen molar-refractivity contribution in [2.75, 3.05) is 4.90 Å². The number of rotatable bonds is 2. The first-order chi connectivity index (χ1) is 10.8. The number of benzene rings is 1. The average Bonchev–Trinajstić information content (AvgIpc) is 3.04. The fourth-order valence-electron chi connectivity index (χ4n) is 4.57. The van der Waals surface area contributed by atoms with Gasteiger partial charge >= 0.3 is 0 Å². The van der Waals surface area contributed by atoms with Crippen LogP contribution in [0.15, 0.2) is 24.3 Å². The van der Waals surface area contributed by atoms with Crippen molar-refractivity contribution in [3.05, 3.63) is 29.8 Å². The van der Waals surface area contributed by atoms with Crippen LogP contribution in [0.1, 0.15) is 44.0 Å². The summed E-state index contributed by atoms with van der Waals surface area (Å²) in [5.41, 5.74) is 0.0156. The van der Waals surface area contributed by atoms with E-state index in [-0.39, 0.29) is 17.6 Å². The van der Waals surface area contributed by atoms with Gasteiger partial charge in [-0.3, -0.25) is 14.4 Å².